The molecule has 25 heavy (non-hydrogen) atoms. The molecule has 7 nitrogen and oxygen atoms in total. The highest BCUT2D eigenvalue weighted by Gasteiger charge is 2.07. The smallest absolute Gasteiger partial charge is 0.191 e. The Bertz CT molecular complexity index is 664. The Balaban J connectivity index is 1.76. The van der Waals surface area contributed by atoms with Crippen molar-refractivity contribution in [2.24, 2.45) is 4.99 Å². The fourth-order valence-corrected chi connectivity index (χ4v) is 2.57. The van der Waals surface area contributed by atoms with Crippen LogP contribution in [0.25, 0.3) is 0 Å². The van der Waals surface area contributed by atoms with Crippen LogP contribution in [-0.4, -0.2) is 41.4 Å². The molecule has 0 aliphatic rings. The van der Waals surface area contributed by atoms with Crippen LogP contribution in [0.3, 0.4) is 0 Å². The Hall–Kier alpha value is -2.57. The van der Waals surface area contributed by atoms with Crippen LogP contribution in [0.1, 0.15) is 37.6 Å². The van der Waals surface area contributed by atoms with E-state index in [-0.39, 0.29) is 0 Å². The van der Waals surface area contributed by atoms with Gasteiger partial charge in [-0.3, -0.25) is 4.99 Å². The summed E-state index contributed by atoms with van der Waals surface area (Å²) in [5.74, 6) is 3.02. The molecule has 0 aliphatic heterocycles. The third kappa shape index (κ3) is 5.48. The average molecular weight is 344 g/mol. The van der Waals surface area contributed by atoms with Gasteiger partial charge in [-0.15, -0.1) is 10.2 Å². The Morgan fingerprint density at radius 1 is 1.28 bits per heavy atom. The van der Waals surface area contributed by atoms with E-state index in [2.05, 4.69) is 51.8 Å². The Morgan fingerprint density at radius 2 is 2.04 bits per heavy atom. The third-order valence-electron chi connectivity index (χ3n) is 4.23. The highest BCUT2D eigenvalue weighted by atomic mass is 16.5. The van der Waals surface area contributed by atoms with E-state index in [1.165, 1.54) is 5.56 Å². The molecule has 0 aliphatic carbocycles. The molecule has 136 valence electrons. The van der Waals surface area contributed by atoms with Crippen molar-refractivity contribution in [3.8, 4) is 5.75 Å². The lowest BCUT2D eigenvalue weighted by Gasteiger charge is -2.15. The van der Waals surface area contributed by atoms with E-state index in [4.69, 9.17) is 4.74 Å². The van der Waals surface area contributed by atoms with Gasteiger partial charge in [0.2, 0.25) is 0 Å². The van der Waals surface area contributed by atoms with Gasteiger partial charge in [-0.2, -0.15) is 0 Å². The fraction of sp³-hybridized carbons (Fsp3) is 0.500. The van der Waals surface area contributed by atoms with Crippen molar-refractivity contribution in [3.05, 3.63) is 42.0 Å². The van der Waals surface area contributed by atoms with Gasteiger partial charge >= 0.3 is 0 Å². The van der Waals surface area contributed by atoms with Gasteiger partial charge in [0, 0.05) is 20.1 Å². The molecule has 0 saturated carbocycles. The van der Waals surface area contributed by atoms with E-state index in [0.717, 1.165) is 37.0 Å². The average Bonchev–Trinajstić information content (AvgIpc) is 3.12. The van der Waals surface area contributed by atoms with Gasteiger partial charge in [0.25, 0.3) is 0 Å². The number of aryl methyl sites for hydroxylation is 1. The standard InChI is InChI=1S/C18H28N6O/c1-5-24-13-22-23-17(24)12-21-18(19-3)20-11-10-14(2)15-6-8-16(25-4)9-7-15/h6-9,13-14H,5,10-12H2,1-4H3,(H2,19,20,21). The SMILES string of the molecule is CCn1cnnc1CNC(=NC)NCCC(C)c1ccc(OC)cc1. The molecule has 0 fully saturated rings. The van der Waals surface area contributed by atoms with Gasteiger partial charge in [-0.1, -0.05) is 19.1 Å². The normalized spacial score (nSPS) is 12.7. The topological polar surface area (TPSA) is 76.4 Å². The second-order valence-corrected chi connectivity index (χ2v) is 5.85. The maximum absolute atomic E-state index is 5.20. The van der Waals surface area contributed by atoms with Gasteiger partial charge in [-0.25, -0.2) is 0 Å². The molecule has 2 rings (SSSR count). The molecule has 1 heterocycles. The fourth-order valence-electron chi connectivity index (χ4n) is 2.57. The quantitative estimate of drug-likeness (QED) is 0.567. The van der Waals surface area contributed by atoms with Gasteiger partial charge in [0.1, 0.15) is 12.1 Å². The predicted molar refractivity (Wildman–Crippen MR) is 99.9 cm³/mol. The van der Waals surface area contributed by atoms with E-state index in [1.807, 2.05) is 16.7 Å². The molecule has 1 aromatic heterocycles. The molecule has 0 spiro atoms. The predicted octanol–water partition coefficient (Wildman–Crippen LogP) is 2.17. The molecule has 2 N–H and O–H groups in total. The number of nitrogens with zero attached hydrogens (tertiary/aromatic N) is 4. The lowest BCUT2D eigenvalue weighted by Crippen LogP contribution is -2.38. The minimum Gasteiger partial charge on any atom is -0.497 e. The number of methoxy groups -OCH3 is 1. The molecule has 7 heteroatoms. The number of hydrogen-bond acceptors (Lipinski definition) is 4. The van der Waals surface area contributed by atoms with Crippen molar-refractivity contribution in [2.45, 2.75) is 39.3 Å². The van der Waals surface area contributed by atoms with Crippen molar-refractivity contribution in [2.75, 3.05) is 20.7 Å². The van der Waals surface area contributed by atoms with Crippen LogP contribution < -0.4 is 15.4 Å². The Labute approximate surface area is 149 Å². The van der Waals surface area contributed by atoms with Crippen LogP contribution in [0.5, 0.6) is 5.75 Å². The summed E-state index contributed by atoms with van der Waals surface area (Å²) in [7, 11) is 3.46. The zero-order valence-electron chi connectivity index (χ0n) is 15.5. The minimum atomic E-state index is 0.458. The lowest BCUT2D eigenvalue weighted by molar-refractivity contribution is 0.414. The van der Waals surface area contributed by atoms with Crippen molar-refractivity contribution in [1.82, 2.24) is 25.4 Å². The summed E-state index contributed by atoms with van der Waals surface area (Å²) in [6, 6.07) is 8.25. The Morgan fingerprint density at radius 3 is 2.68 bits per heavy atom. The molecular formula is C18H28N6O. The van der Waals surface area contributed by atoms with Crippen LogP contribution in [-0.2, 0) is 13.1 Å². The molecule has 1 unspecified atom stereocenters. The first-order valence-corrected chi connectivity index (χ1v) is 8.63. The van der Waals surface area contributed by atoms with E-state index in [9.17, 15) is 0 Å². The molecule has 0 amide bonds. The second-order valence-electron chi connectivity index (χ2n) is 5.85. The zero-order valence-corrected chi connectivity index (χ0v) is 15.5. The van der Waals surface area contributed by atoms with Crippen molar-refractivity contribution in [3.63, 3.8) is 0 Å². The minimum absolute atomic E-state index is 0.458. The van der Waals surface area contributed by atoms with Crippen LogP contribution in [0, 0.1) is 0 Å². The summed E-state index contributed by atoms with van der Waals surface area (Å²) in [5.41, 5.74) is 1.31. The van der Waals surface area contributed by atoms with Crippen LogP contribution in [0.2, 0.25) is 0 Å². The maximum Gasteiger partial charge on any atom is 0.191 e. The molecular weight excluding hydrogens is 316 g/mol. The molecule has 1 aromatic carbocycles. The first-order valence-electron chi connectivity index (χ1n) is 8.63. The third-order valence-corrected chi connectivity index (χ3v) is 4.23. The van der Waals surface area contributed by atoms with Gasteiger partial charge in [0.15, 0.2) is 11.8 Å². The summed E-state index contributed by atoms with van der Waals surface area (Å²) in [4.78, 5) is 4.26. The summed E-state index contributed by atoms with van der Waals surface area (Å²) in [5, 5.41) is 14.7. The maximum atomic E-state index is 5.20. The molecule has 2 aromatic rings. The molecule has 0 saturated heterocycles. The summed E-state index contributed by atoms with van der Waals surface area (Å²) in [6.07, 6.45) is 2.75. The summed E-state index contributed by atoms with van der Waals surface area (Å²) >= 11 is 0. The second kappa shape index (κ2) is 9.66. The van der Waals surface area contributed by atoms with Crippen LogP contribution >= 0.6 is 0 Å². The largest absolute Gasteiger partial charge is 0.497 e. The number of hydrogen-bond donors (Lipinski definition) is 2. The monoisotopic (exact) mass is 344 g/mol. The van der Waals surface area contributed by atoms with Crippen LogP contribution in [0.15, 0.2) is 35.6 Å². The number of guanidine groups is 1. The zero-order chi connectivity index (χ0) is 18.1. The molecule has 0 bridgehead atoms. The highest BCUT2D eigenvalue weighted by molar-refractivity contribution is 5.79. The summed E-state index contributed by atoms with van der Waals surface area (Å²) in [6.45, 7) is 6.59. The van der Waals surface area contributed by atoms with E-state index in [0.29, 0.717) is 12.5 Å². The first-order chi connectivity index (χ1) is 12.2. The summed E-state index contributed by atoms with van der Waals surface area (Å²) < 4.78 is 7.21. The number of benzene rings is 1. The Kier molecular flexibility index (Phi) is 7.25. The van der Waals surface area contributed by atoms with E-state index < -0.39 is 0 Å². The van der Waals surface area contributed by atoms with Gasteiger partial charge in [-0.05, 0) is 37.0 Å². The van der Waals surface area contributed by atoms with Crippen molar-refractivity contribution in [1.29, 1.82) is 0 Å². The number of rotatable bonds is 8. The highest BCUT2D eigenvalue weighted by Crippen LogP contribution is 2.21. The van der Waals surface area contributed by atoms with E-state index in [1.54, 1.807) is 20.5 Å². The first kappa shape index (κ1) is 18.8. The molecule has 0 radical (unpaired) electrons. The lowest BCUT2D eigenvalue weighted by atomic mass is 9.98. The number of aliphatic imine (C=N–C) groups is 1. The van der Waals surface area contributed by atoms with Gasteiger partial charge < -0.3 is 19.9 Å². The van der Waals surface area contributed by atoms with Crippen molar-refractivity contribution < 1.29 is 4.74 Å². The number of ether oxygens (including phenoxy) is 1. The van der Waals surface area contributed by atoms with Gasteiger partial charge in [0.05, 0.1) is 13.7 Å². The van der Waals surface area contributed by atoms with Crippen molar-refractivity contribution >= 4 is 5.96 Å². The van der Waals surface area contributed by atoms with E-state index >= 15 is 0 Å². The van der Waals surface area contributed by atoms with Crippen LogP contribution in [0.4, 0.5) is 0 Å². The number of aromatic nitrogens is 3. The number of nitrogens with one attached hydrogen (secondary N) is 2. The molecule has 1 atom stereocenters.